The van der Waals surface area contributed by atoms with Crippen LogP contribution in [0.2, 0.25) is 0 Å². The summed E-state index contributed by atoms with van der Waals surface area (Å²) in [6, 6.07) is 5.68. The lowest BCUT2D eigenvalue weighted by molar-refractivity contribution is -0.148. The van der Waals surface area contributed by atoms with Crippen LogP contribution in [0.3, 0.4) is 0 Å². The summed E-state index contributed by atoms with van der Waals surface area (Å²) in [5.41, 5.74) is -2.42. The first-order chi connectivity index (χ1) is 19.2. The van der Waals surface area contributed by atoms with Gasteiger partial charge in [-0.3, -0.25) is 9.59 Å². The molecule has 0 bridgehead atoms. The van der Waals surface area contributed by atoms with Gasteiger partial charge in [-0.1, -0.05) is 19.3 Å². The predicted molar refractivity (Wildman–Crippen MR) is 153 cm³/mol. The van der Waals surface area contributed by atoms with E-state index in [0.717, 1.165) is 19.3 Å². The number of carbonyl (C=O) groups is 3. The number of ether oxygens (including phenoxy) is 2. The molecule has 12 heteroatoms. The van der Waals surface area contributed by atoms with Gasteiger partial charge in [-0.15, -0.1) is 0 Å². The van der Waals surface area contributed by atoms with Gasteiger partial charge in [0.05, 0.1) is 12.0 Å². The number of likely N-dealkylation sites (tertiary alicyclic amines) is 1. The lowest BCUT2D eigenvalue weighted by Crippen LogP contribution is -2.60. The second kappa shape index (κ2) is 13.4. The van der Waals surface area contributed by atoms with Crippen molar-refractivity contribution in [1.29, 1.82) is 0 Å². The molecular weight excluding hydrogens is 550 g/mol. The van der Waals surface area contributed by atoms with Gasteiger partial charge in [0.25, 0.3) is 0 Å². The Bertz CT molecular complexity index is 1170. The molecule has 11 nitrogen and oxygen atoms in total. The fourth-order valence-corrected chi connectivity index (χ4v) is 7.21. The van der Waals surface area contributed by atoms with E-state index in [1.807, 2.05) is 20.8 Å². The molecule has 1 aliphatic heterocycles. The van der Waals surface area contributed by atoms with Crippen molar-refractivity contribution in [3.8, 4) is 5.75 Å². The van der Waals surface area contributed by atoms with Crippen LogP contribution in [0, 0.1) is 5.92 Å². The van der Waals surface area contributed by atoms with Crippen LogP contribution in [0.15, 0.2) is 29.2 Å². The number of nitrogens with one attached hydrogen (secondary N) is 1. The number of amides is 2. The molecule has 1 aromatic carbocycles. The van der Waals surface area contributed by atoms with Gasteiger partial charge in [-0.25, -0.2) is 13.2 Å². The van der Waals surface area contributed by atoms with Crippen LogP contribution in [0.1, 0.15) is 78.6 Å². The third kappa shape index (κ3) is 8.34. The third-order valence-electron chi connectivity index (χ3n) is 8.15. The summed E-state index contributed by atoms with van der Waals surface area (Å²) in [6.45, 7) is 6.25. The molecule has 0 spiro atoms. The molecule has 2 aliphatic rings. The van der Waals surface area contributed by atoms with Crippen molar-refractivity contribution in [1.82, 2.24) is 14.5 Å². The summed E-state index contributed by atoms with van der Waals surface area (Å²) in [7, 11) is -1.05. The Balaban J connectivity index is 1.72. The molecule has 2 amide bonds. The lowest BCUT2D eigenvalue weighted by atomic mass is 9.73. The molecule has 1 aliphatic carbocycles. The monoisotopic (exact) mass is 595 g/mol. The number of aliphatic carboxylic acids is 1. The minimum absolute atomic E-state index is 0.0674. The molecule has 230 valence electrons. The van der Waals surface area contributed by atoms with E-state index in [4.69, 9.17) is 9.47 Å². The molecule has 1 unspecified atom stereocenters. The van der Waals surface area contributed by atoms with Gasteiger partial charge in [-0.05, 0) is 83.1 Å². The summed E-state index contributed by atoms with van der Waals surface area (Å²) in [5, 5.41) is 10.5. The highest BCUT2D eigenvalue weighted by Gasteiger charge is 2.49. The van der Waals surface area contributed by atoms with Gasteiger partial charge in [0, 0.05) is 32.6 Å². The van der Waals surface area contributed by atoms with Crippen molar-refractivity contribution in [2.45, 2.75) is 101 Å². The van der Waals surface area contributed by atoms with Crippen LogP contribution in [0.4, 0.5) is 4.79 Å². The number of carbonyl (C=O) groups excluding carboxylic acids is 2. The Hall–Kier alpha value is -2.86. The van der Waals surface area contributed by atoms with Gasteiger partial charge in [-0.2, -0.15) is 4.72 Å². The first kappa shape index (κ1) is 32.7. The van der Waals surface area contributed by atoms with Crippen molar-refractivity contribution in [3.05, 3.63) is 24.3 Å². The van der Waals surface area contributed by atoms with E-state index in [9.17, 15) is 27.9 Å². The summed E-state index contributed by atoms with van der Waals surface area (Å²) in [6.07, 6.45) is 4.15. The molecule has 2 fully saturated rings. The molecule has 1 saturated carbocycles. The standard InChI is InChI=1S/C29H45N3O8S/c1-28(2,3)40-27(36)31(4)22-16-19-32(20-17-22)25(33)15-18-29(26(34)35,21-9-7-6-8-10-21)30-41(37,38)24-13-11-23(39-5)12-14-24/h11-14,21-22,30H,6-10,15-20H2,1-5H3,(H,34,35). The largest absolute Gasteiger partial charge is 0.497 e. The maximum atomic E-state index is 13.4. The number of methoxy groups -OCH3 is 1. The summed E-state index contributed by atoms with van der Waals surface area (Å²) >= 11 is 0. The van der Waals surface area contributed by atoms with Crippen LogP contribution in [0.5, 0.6) is 5.75 Å². The van der Waals surface area contributed by atoms with E-state index in [0.29, 0.717) is 44.5 Å². The minimum Gasteiger partial charge on any atom is -0.497 e. The predicted octanol–water partition coefficient (Wildman–Crippen LogP) is 4.02. The molecule has 0 radical (unpaired) electrons. The number of piperidine rings is 1. The summed E-state index contributed by atoms with van der Waals surface area (Å²) < 4.78 is 40.0. The average molecular weight is 596 g/mol. The fraction of sp³-hybridized carbons (Fsp3) is 0.690. The van der Waals surface area contributed by atoms with Gasteiger partial charge in [0.15, 0.2) is 0 Å². The molecule has 3 rings (SSSR count). The maximum Gasteiger partial charge on any atom is 0.410 e. The zero-order valence-electron chi connectivity index (χ0n) is 24.8. The van der Waals surface area contributed by atoms with Gasteiger partial charge in [0.2, 0.25) is 15.9 Å². The second-order valence-corrected chi connectivity index (χ2v) is 13.8. The maximum absolute atomic E-state index is 13.4. The second-order valence-electron chi connectivity index (χ2n) is 12.1. The minimum atomic E-state index is -4.21. The molecule has 1 heterocycles. The van der Waals surface area contributed by atoms with E-state index in [1.54, 1.807) is 16.8 Å². The van der Waals surface area contributed by atoms with Crippen molar-refractivity contribution >= 4 is 28.0 Å². The number of carboxylic acids is 1. The number of benzene rings is 1. The van der Waals surface area contributed by atoms with Crippen LogP contribution < -0.4 is 9.46 Å². The molecule has 41 heavy (non-hydrogen) atoms. The van der Waals surface area contributed by atoms with Crippen LogP contribution >= 0.6 is 0 Å². The molecule has 1 saturated heterocycles. The number of carboxylic acid groups (broad SMARTS) is 1. The van der Waals surface area contributed by atoms with E-state index in [-0.39, 0.29) is 29.7 Å². The van der Waals surface area contributed by atoms with Crippen molar-refractivity contribution in [2.75, 3.05) is 27.2 Å². The number of hydrogen-bond acceptors (Lipinski definition) is 7. The SMILES string of the molecule is COc1ccc(S(=O)(=O)NC(CCC(=O)N2CCC(N(C)C(=O)OC(C)(C)C)CC2)(C(=O)O)C2CCCCC2)cc1. The van der Waals surface area contributed by atoms with Crippen LogP contribution in [-0.4, -0.2) is 85.7 Å². The first-order valence-electron chi connectivity index (χ1n) is 14.3. The Morgan fingerprint density at radius 3 is 2.12 bits per heavy atom. The quantitative estimate of drug-likeness (QED) is 0.413. The topological polar surface area (TPSA) is 143 Å². The Morgan fingerprint density at radius 1 is 1.02 bits per heavy atom. The van der Waals surface area contributed by atoms with E-state index in [1.165, 1.54) is 31.4 Å². The zero-order chi connectivity index (χ0) is 30.4. The Morgan fingerprint density at radius 2 is 1.61 bits per heavy atom. The number of hydrogen-bond donors (Lipinski definition) is 2. The third-order valence-corrected chi connectivity index (χ3v) is 9.68. The first-order valence-corrected chi connectivity index (χ1v) is 15.8. The Kier molecular flexibility index (Phi) is 10.7. The molecule has 2 N–H and O–H groups in total. The highest BCUT2D eigenvalue weighted by Crippen LogP contribution is 2.37. The van der Waals surface area contributed by atoms with E-state index < -0.39 is 39.1 Å². The van der Waals surface area contributed by atoms with Gasteiger partial charge in [0.1, 0.15) is 16.9 Å². The zero-order valence-corrected chi connectivity index (χ0v) is 25.7. The lowest BCUT2D eigenvalue weighted by Gasteiger charge is -2.40. The summed E-state index contributed by atoms with van der Waals surface area (Å²) in [5.74, 6) is -1.46. The summed E-state index contributed by atoms with van der Waals surface area (Å²) in [4.78, 5) is 41.8. The Labute approximate surface area is 243 Å². The van der Waals surface area contributed by atoms with Gasteiger partial charge < -0.3 is 24.4 Å². The molecule has 0 aromatic heterocycles. The van der Waals surface area contributed by atoms with Crippen molar-refractivity contribution < 1.29 is 37.4 Å². The van der Waals surface area contributed by atoms with Crippen molar-refractivity contribution in [2.24, 2.45) is 5.92 Å². The molecule has 1 aromatic rings. The smallest absolute Gasteiger partial charge is 0.410 e. The highest BCUT2D eigenvalue weighted by molar-refractivity contribution is 7.89. The van der Waals surface area contributed by atoms with Crippen LogP contribution in [-0.2, 0) is 24.3 Å². The average Bonchev–Trinajstić information content (AvgIpc) is 2.94. The van der Waals surface area contributed by atoms with Crippen LogP contribution in [0.25, 0.3) is 0 Å². The van der Waals surface area contributed by atoms with E-state index >= 15 is 0 Å². The van der Waals surface area contributed by atoms with Crippen molar-refractivity contribution in [3.63, 3.8) is 0 Å². The highest BCUT2D eigenvalue weighted by atomic mass is 32.2. The number of sulfonamides is 1. The fourth-order valence-electron chi connectivity index (χ4n) is 5.76. The normalized spacial score (nSPS) is 18.8. The number of nitrogens with zero attached hydrogens (tertiary/aromatic N) is 2. The van der Waals surface area contributed by atoms with E-state index in [2.05, 4.69) is 4.72 Å². The molecular formula is C29H45N3O8S. The molecule has 1 atom stereocenters. The number of rotatable bonds is 10. The van der Waals surface area contributed by atoms with Gasteiger partial charge >= 0.3 is 12.1 Å².